The molecule has 1 aromatic heterocycles. The van der Waals surface area contributed by atoms with Crippen LogP contribution in [0, 0.1) is 13.8 Å². The van der Waals surface area contributed by atoms with E-state index in [4.69, 9.17) is 4.74 Å². The molecule has 1 amide bonds. The highest BCUT2D eigenvalue weighted by molar-refractivity contribution is 5.95. The minimum Gasteiger partial charge on any atom is -0.449 e. The first-order valence-corrected chi connectivity index (χ1v) is 10.3. The minimum absolute atomic E-state index is 0.0502. The number of hydrogen-bond acceptors (Lipinski definition) is 5. The maximum Gasteiger partial charge on any atom is 0.338 e. The molecular formula is C24H25N3O3. The van der Waals surface area contributed by atoms with Crippen LogP contribution in [0.1, 0.15) is 58.7 Å². The quantitative estimate of drug-likeness (QED) is 0.666. The molecule has 1 N–H and O–H groups in total. The molecule has 0 spiro atoms. The molecule has 1 aliphatic carbocycles. The fourth-order valence-electron chi connectivity index (χ4n) is 3.83. The van der Waals surface area contributed by atoms with E-state index in [1.165, 1.54) is 5.56 Å². The van der Waals surface area contributed by atoms with Crippen LogP contribution < -0.4 is 5.32 Å². The van der Waals surface area contributed by atoms with Crippen LogP contribution in [0.3, 0.4) is 0 Å². The van der Waals surface area contributed by atoms with Crippen molar-refractivity contribution in [1.82, 2.24) is 15.3 Å². The van der Waals surface area contributed by atoms with E-state index in [9.17, 15) is 9.59 Å². The Morgan fingerprint density at radius 1 is 1.07 bits per heavy atom. The van der Waals surface area contributed by atoms with Crippen molar-refractivity contribution in [1.29, 1.82) is 0 Å². The molecule has 0 saturated carbocycles. The molecule has 0 aliphatic heterocycles. The molecule has 6 heteroatoms. The summed E-state index contributed by atoms with van der Waals surface area (Å²) in [6.45, 7) is 5.37. The molecule has 0 bridgehead atoms. The predicted molar refractivity (Wildman–Crippen MR) is 114 cm³/mol. The Bertz CT molecular complexity index is 1130. The number of esters is 1. The Labute approximate surface area is 175 Å². The lowest BCUT2D eigenvalue weighted by Gasteiger charge is -2.27. The molecule has 1 heterocycles. The second-order valence-corrected chi connectivity index (χ2v) is 7.80. The van der Waals surface area contributed by atoms with E-state index in [1.54, 1.807) is 25.1 Å². The van der Waals surface area contributed by atoms with Crippen molar-refractivity contribution in [3.63, 3.8) is 0 Å². The SMILES string of the molecule is Cc1nc2ccc(C(=O)O[C@@H](C)C(=O)N[C@@H]3CCCc4ccccc43)cc2nc1C. The lowest BCUT2D eigenvalue weighted by Crippen LogP contribution is -2.39. The molecule has 0 saturated heterocycles. The highest BCUT2D eigenvalue weighted by atomic mass is 16.5. The van der Waals surface area contributed by atoms with Gasteiger partial charge in [0, 0.05) is 0 Å². The number of hydrogen-bond donors (Lipinski definition) is 1. The number of ether oxygens (including phenoxy) is 1. The van der Waals surface area contributed by atoms with Crippen LogP contribution in [0.4, 0.5) is 0 Å². The zero-order valence-electron chi connectivity index (χ0n) is 17.4. The molecule has 154 valence electrons. The van der Waals surface area contributed by atoms with Crippen molar-refractivity contribution >= 4 is 22.9 Å². The van der Waals surface area contributed by atoms with Gasteiger partial charge >= 0.3 is 5.97 Å². The van der Waals surface area contributed by atoms with Crippen LogP contribution in [0.2, 0.25) is 0 Å². The number of carbonyl (C=O) groups excluding carboxylic acids is 2. The van der Waals surface area contributed by atoms with Crippen LogP contribution in [-0.2, 0) is 16.0 Å². The summed E-state index contributed by atoms with van der Waals surface area (Å²) in [7, 11) is 0. The Balaban J connectivity index is 1.44. The first-order chi connectivity index (χ1) is 14.4. The molecule has 2 atom stereocenters. The topological polar surface area (TPSA) is 81.2 Å². The average molecular weight is 403 g/mol. The number of rotatable bonds is 4. The van der Waals surface area contributed by atoms with Gasteiger partial charge in [-0.05, 0) is 69.4 Å². The number of carbonyl (C=O) groups is 2. The zero-order valence-corrected chi connectivity index (χ0v) is 17.4. The monoisotopic (exact) mass is 403 g/mol. The van der Waals surface area contributed by atoms with Crippen LogP contribution in [0.5, 0.6) is 0 Å². The predicted octanol–water partition coefficient (Wildman–Crippen LogP) is 3.99. The van der Waals surface area contributed by atoms with Gasteiger partial charge in [0.15, 0.2) is 6.10 Å². The lowest BCUT2D eigenvalue weighted by molar-refractivity contribution is -0.130. The average Bonchev–Trinajstić information content (AvgIpc) is 2.74. The van der Waals surface area contributed by atoms with Gasteiger partial charge in [0.05, 0.1) is 34.0 Å². The van der Waals surface area contributed by atoms with E-state index in [2.05, 4.69) is 27.4 Å². The maximum atomic E-state index is 12.7. The smallest absolute Gasteiger partial charge is 0.338 e. The van der Waals surface area contributed by atoms with Gasteiger partial charge in [-0.15, -0.1) is 0 Å². The third-order valence-electron chi connectivity index (χ3n) is 5.65. The number of amides is 1. The van der Waals surface area contributed by atoms with Gasteiger partial charge in [0.2, 0.25) is 0 Å². The first kappa shape index (κ1) is 20.0. The zero-order chi connectivity index (χ0) is 21.3. The van der Waals surface area contributed by atoms with E-state index in [0.29, 0.717) is 11.1 Å². The van der Waals surface area contributed by atoms with Crippen LogP contribution in [0.15, 0.2) is 42.5 Å². The highest BCUT2D eigenvalue weighted by Gasteiger charge is 2.25. The third kappa shape index (κ3) is 4.03. The second kappa shape index (κ2) is 8.22. The normalized spacial score (nSPS) is 16.6. The summed E-state index contributed by atoms with van der Waals surface area (Å²) < 4.78 is 5.43. The van der Waals surface area contributed by atoms with Crippen molar-refractivity contribution in [3.05, 3.63) is 70.5 Å². The van der Waals surface area contributed by atoms with E-state index in [-0.39, 0.29) is 11.9 Å². The van der Waals surface area contributed by atoms with Crippen LogP contribution in [-0.4, -0.2) is 27.9 Å². The number of nitrogens with zero attached hydrogens (tertiary/aromatic N) is 2. The summed E-state index contributed by atoms with van der Waals surface area (Å²) in [6.07, 6.45) is 2.03. The van der Waals surface area contributed by atoms with Gasteiger partial charge in [-0.3, -0.25) is 4.79 Å². The Hall–Kier alpha value is -3.28. The summed E-state index contributed by atoms with van der Waals surface area (Å²) in [5.41, 5.74) is 5.78. The third-order valence-corrected chi connectivity index (χ3v) is 5.65. The van der Waals surface area contributed by atoms with Crippen molar-refractivity contribution < 1.29 is 14.3 Å². The van der Waals surface area contributed by atoms with Crippen molar-refractivity contribution in [2.24, 2.45) is 0 Å². The van der Waals surface area contributed by atoms with Gasteiger partial charge in [-0.25, -0.2) is 14.8 Å². The molecule has 4 rings (SSSR count). The molecular weight excluding hydrogens is 378 g/mol. The summed E-state index contributed by atoms with van der Waals surface area (Å²) in [5.74, 6) is -0.847. The van der Waals surface area contributed by atoms with Crippen molar-refractivity contribution in [2.75, 3.05) is 0 Å². The van der Waals surface area contributed by atoms with Crippen molar-refractivity contribution in [2.45, 2.75) is 52.2 Å². The van der Waals surface area contributed by atoms with Gasteiger partial charge in [-0.1, -0.05) is 24.3 Å². The van der Waals surface area contributed by atoms with Crippen molar-refractivity contribution in [3.8, 4) is 0 Å². The first-order valence-electron chi connectivity index (χ1n) is 10.3. The van der Waals surface area contributed by atoms with Gasteiger partial charge in [0.25, 0.3) is 5.91 Å². The van der Waals surface area contributed by atoms with Gasteiger partial charge in [0.1, 0.15) is 0 Å². The molecule has 3 aromatic rings. The second-order valence-electron chi connectivity index (χ2n) is 7.80. The Morgan fingerprint density at radius 2 is 1.80 bits per heavy atom. The molecule has 0 fully saturated rings. The van der Waals surface area contributed by atoms with Crippen LogP contribution in [0.25, 0.3) is 11.0 Å². The number of nitrogens with one attached hydrogen (secondary N) is 1. The standard InChI is InChI=1S/C24H25N3O3/c1-14-15(2)26-22-13-18(11-12-21(22)25-14)24(29)30-16(3)23(28)27-20-10-6-8-17-7-4-5-9-19(17)20/h4-5,7,9,11-13,16,20H,6,8,10H2,1-3H3,(H,27,28)/t16-,20+/m0/s1. The number of aromatic nitrogens is 2. The molecule has 2 aromatic carbocycles. The number of fused-ring (bicyclic) bond motifs is 2. The number of benzene rings is 2. The highest BCUT2D eigenvalue weighted by Crippen LogP contribution is 2.29. The summed E-state index contributed by atoms with van der Waals surface area (Å²) in [5, 5.41) is 3.04. The molecule has 0 radical (unpaired) electrons. The summed E-state index contributed by atoms with van der Waals surface area (Å²) >= 11 is 0. The Kier molecular flexibility index (Phi) is 5.48. The van der Waals surface area contributed by atoms with E-state index in [1.807, 2.05) is 26.0 Å². The number of aryl methyl sites for hydroxylation is 3. The molecule has 30 heavy (non-hydrogen) atoms. The molecule has 1 aliphatic rings. The van der Waals surface area contributed by atoms with E-state index in [0.717, 1.165) is 41.7 Å². The molecule has 0 unspecified atom stereocenters. The fourth-order valence-corrected chi connectivity index (χ4v) is 3.83. The van der Waals surface area contributed by atoms with Crippen LogP contribution >= 0.6 is 0 Å². The van der Waals surface area contributed by atoms with E-state index >= 15 is 0 Å². The summed E-state index contributed by atoms with van der Waals surface area (Å²) in [6, 6.07) is 13.2. The fraction of sp³-hybridized carbons (Fsp3) is 0.333. The minimum atomic E-state index is -0.895. The summed E-state index contributed by atoms with van der Waals surface area (Å²) in [4.78, 5) is 34.2. The van der Waals surface area contributed by atoms with E-state index < -0.39 is 12.1 Å². The maximum absolute atomic E-state index is 12.7. The lowest BCUT2D eigenvalue weighted by atomic mass is 9.87. The largest absolute Gasteiger partial charge is 0.449 e. The van der Waals surface area contributed by atoms with Gasteiger partial charge in [-0.2, -0.15) is 0 Å². The van der Waals surface area contributed by atoms with Gasteiger partial charge < -0.3 is 10.1 Å². The molecule has 6 nitrogen and oxygen atoms in total. The Morgan fingerprint density at radius 3 is 2.60 bits per heavy atom.